The van der Waals surface area contributed by atoms with Gasteiger partial charge >= 0.3 is 0 Å². The number of nitrogens with zero attached hydrogens (tertiary/aromatic N) is 1. The maximum Gasteiger partial charge on any atom is 0.0620 e. The van der Waals surface area contributed by atoms with Crippen molar-refractivity contribution in [3.63, 3.8) is 0 Å². The molecule has 230 valence electrons. The van der Waals surface area contributed by atoms with Crippen molar-refractivity contribution >= 4 is 55.0 Å². The average Bonchev–Trinajstić information content (AvgIpc) is 3.47. The van der Waals surface area contributed by atoms with Gasteiger partial charge in [0.2, 0.25) is 0 Å². The Bertz CT molecular complexity index is 2570. The van der Waals surface area contributed by atoms with Crippen LogP contribution in [0, 0.1) is 13.8 Å². The number of rotatable bonds is 6. The van der Waals surface area contributed by atoms with Crippen molar-refractivity contribution in [2.45, 2.75) is 20.8 Å². The van der Waals surface area contributed by atoms with Gasteiger partial charge in [0.15, 0.2) is 0 Å². The summed E-state index contributed by atoms with van der Waals surface area (Å²) in [4.78, 5) is 0. The molecule has 1 aromatic heterocycles. The molecule has 8 aromatic rings. The molecule has 0 aliphatic rings. The van der Waals surface area contributed by atoms with Crippen LogP contribution in [0.4, 0.5) is 0 Å². The summed E-state index contributed by atoms with van der Waals surface area (Å²) in [5.74, 6) is 0. The number of allylic oxidation sites excluding steroid dienone is 5. The average molecular weight is 616 g/mol. The number of para-hydroxylation sites is 1. The molecule has 1 heteroatoms. The maximum absolute atomic E-state index is 2.48. The molecule has 1 nitrogen and oxygen atoms in total. The lowest BCUT2D eigenvalue weighted by Crippen LogP contribution is -1.95. The highest BCUT2D eigenvalue weighted by atomic mass is 15.0. The molecule has 0 atom stereocenters. The van der Waals surface area contributed by atoms with E-state index in [2.05, 4.69) is 195 Å². The molecule has 0 unspecified atom stereocenters. The summed E-state index contributed by atoms with van der Waals surface area (Å²) in [5.41, 5.74) is 12.4. The van der Waals surface area contributed by atoms with E-state index in [4.69, 9.17) is 0 Å². The molecule has 0 saturated carbocycles. The number of benzene rings is 7. The number of fused-ring (bicyclic) bond motifs is 7. The van der Waals surface area contributed by atoms with Crippen molar-refractivity contribution in [3.05, 3.63) is 186 Å². The molecule has 0 amide bonds. The summed E-state index contributed by atoms with van der Waals surface area (Å²) in [6, 6.07) is 50.8. The lowest BCUT2D eigenvalue weighted by Gasteiger charge is -2.14. The Morgan fingerprint density at radius 3 is 2.00 bits per heavy atom. The Balaban J connectivity index is 1.36. The molecule has 8 rings (SSSR count). The third kappa shape index (κ3) is 5.05. The molecule has 7 aromatic carbocycles. The summed E-state index contributed by atoms with van der Waals surface area (Å²) in [6.07, 6.45) is 11.0. The van der Waals surface area contributed by atoms with E-state index in [0.717, 1.165) is 0 Å². The van der Waals surface area contributed by atoms with E-state index in [0.29, 0.717) is 0 Å². The standard InChI is InChI=1S/C47H37N/c1-4-5-16-36(26-24-34-25-28-39(33(3)30-34)38-20-11-9-15-32(38)2)44-31-45-43-29-27-35-17-10-12-21-40(35)46(43)48(37-18-7-6-8-19-37)47(45)42-23-14-13-22-41(42)44/h4-31H,1-3H3/b5-4+,26-24-,36-16+. The van der Waals surface area contributed by atoms with Gasteiger partial charge in [-0.1, -0.05) is 152 Å². The first-order valence-electron chi connectivity index (χ1n) is 16.7. The fourth-order valence-electron chi connectivity index (χ4n) is 7.29. The van der Waals surface area contributed by atoms with Crippen molar-refractivity contribution in [2.24, 2.45) is 0 Å². The Morgan fingerprint density at radius 1 is 0.542 bits per heavy atom. The third-order valence-electron chi connectivity index (χ3n) is 9.59. The predicted molar refractivity (Wildman–Crippen MR) is 209 cm³/mol. The zero-order valence-corrected chi connectivity index (χ0v) is 27.6. The van der Waals surface area contributed by atoms with Crippen LogP contribution >= 0.6 is 0 Å². The zero-order valence-electron chi connectivity index (χ0n) is 27.6. The van der Waals surface area contributed by atoms with Crippen LogP contribution in [0.15, 0.2) is 164 Å². The highest BCUT2D eigenvalue weighted by Gasteiger charge is 2.19. The second kappa shape index (κ2) is 12.4. The van der Waals surface area contributed by atoms with E-state index in [9.17, 15) is 0 Å². The monoisotopic (exact) mass is 615 g/mol. The SMILES string of the molecule is C/C=C/C=C(\C=C/c1ccc(-c2ccccc2C)c(C)c1)c1cc2c3ccc4ccccc4c3n(-c3ccccc3)c2c2ccccc12. The Hall–Kier alpha value is -5.92. The van der Waals surface area contributed by atoms with E-state index in [1.54, 1.807) is 0 Å². The molecule has 0 aliphatic carbocycles. The van der Waals surface area contributed by atoms with Crippen LogP contribution in [-0.2, 0) is 0 Å². The summed E-state index contributed by atoms with van der Waals surface area (Å²) < 4.78 is 2.48. The third-order valence-corrected chi connectivity index (χ3v) is 9.59. The van der Waals surface area contributed by atoms with Gasteiger partial charge in [-0.25, -0.2) is 0 Å². The largest absolute Gasteiger partial charge is 0.308 e. The van der Waals surface area contributed by atoms with Crippen molar-refractivity contribution < 1.29 is 0 Å². The second-order valence-corrected chi connectivity index (χ2v) is 12.6. The van der Waals surface area contributed by atoms with Gasteiger partial charge in [-0.3, -0.25) is 0 Å². The second-order valence-electron chi connectivity index (χ2n) is 12.6. The number of aromatic nitrogens is 1. The zero-order chi connectivity index (χ0) is 32.6. The lowest BCUT2D eigenvalue weighted by atomic mass is 9.93. The summed E-state index contributed by atoms with van der Waals surface area (Å²) in [5, 5.41) is 7.50. The van der Waals surface area contributed by atoms with Crippen molar-refractivity contribution in [1.29, 1.82) is 0 Å². The van der Waals surface area contributed by atoms with Crippen molar-refractivity contribution in [2.75, 3.05) is 0 Å². The van der Waals surface area contributed by atoms with E-state index < -0.39 is 0 Å². The van der Waals surface area contributed by atoms with Crippen molar-refractivity contribution in [3.8, 4) is 16.8 Å². The summed E-state index contributed by atoms with van der Waals surface area (Å²) >= 11 is 0. The van der Waals surface area contributed by atoms with Crippen LogP contribution < -0.4 is 0 Å². The van der Waals surface area contributed by atoms with Gasteiger partial charge < -0.3 is 4.57 Å². The number of hydrogen-bond donors (Lipinski definition) is 0. The molecule has 0 N–H and O–H groups in total. The van der Waals surface area contributed by atoms with Gasteiger partial charge in [0.1, 0.15) is 0 Å². The number of hydrogen-bond acceptors (Lipinski definition) is 0. The van der Waals surface area contributed by atoms with Gasteiger partial charge in [0.05, 0.1) is 11.0 Å². The Morgan fingerprint density at radius 2 is 1.21 bits per heavy atom. The fraction of sp³-hybridized carbons (Fsp3) is 0.0638. The predicted octanol–water partition coefficient (Wildman–Crippen LogP) is 13.0. The Labute approximate surface area is 282 Å². The fourth-order valence-corrected chi connectivity index (χ4v) is 7.29. The molecule has 0 saturated heterocycles. The smallest absolute Gasteiger partial charge is 0.0620 e. The van der Waals surface area contributed by atoms with E-state index in [-0.39, 0.29) is 0 Å². The molecular formula is C47H37N. The lowest BCUT2D eigenvalue weighted by molar-refractivity contribution is 1.19. The first-order chi connectivity index (χ1) is 23.6. The molecule has 0 aliphatic heterocycles. The van der Waals surface area contributed by atoms with E-state index >= 15 is 0 Å². The summed E-state index contributed by atoms with van der Waals surface area (Å²) in [7, 11) is 0. The minimum Gasteiger partial charge on any atom is -0.308 e. The normalized spacial score (nSPS) is 12.4. The molecule has 1 heterocycles. The van der Waals surface area contributed by atoms with Crippen molar-refractivity contribution in [1.82, 2.24) is 4.57 Å². The van der Waals surface area contributed by atoms with Gasteiger partial charge in [-0.15, -0.1) is 0 Å². The molecule has 0 fully saturated rings. The molecule has 48 heavy (non-hydrogen) atoms. The number of aryl methyl sites for hydroxylation is 2. The van der Waals surface area contributed by atoms with Gasteiger partial charge in [0, 0.05) is 27.2 Å². The highest BCUT2D eigenvalue weighted by molar-refractivity contribution is 6.25. The van der Waals surface area contributed by atoms with E-state index in [1.807, 2.05) is 0 Å². The molecule has 0 radical (unpaired) electrons. The van der Waals surface area contributed by atoms with Crippen LogP contribution in [-0.4, -0.2) is 4.57 Å². The van der Waals surface area contributed by atoms with Crippen LogP contribution in [0.25, 0.3) is 71.8 Å². The topological polar surface area (TPSA) is 4.93 Å². The molecular weight excluding hydrogens is 579 g/mol. The minimum absolute atomic E-state index is 1.17. The first kappa shape index (κ1) is 29.5. The summed E-state index contributed by atoms with van der Waals surface area (Å²) in [6.45, 7) is 6.47. The van der Waals surface area contributed by atoms with Crippen LogP contribution in [0.2, 0.25) is 0 Å². The first-order valence-corrected chi connectivity index (χ1v) is 16.7. The molecule has 0 spiro atoms. The maximum atomic E-state index is 2.48. The Kier molecular flexibility index (Phi) is 7.59. The van der Waals surface area contributed by atoms with Gasteiger partial charge in [-0.05, 0) is 88.7 Å². The molecule has 0 bridgehead atoms. The highest BCUT2D eigenvalue weighted by Crippen LogP contribution is 2.42. The van der Waals surface area contributed by atoms with Crippen LogP contribution in [0.3, 0.4) is 0 Å². The van der Waals surface area contributed by atoms with Crippen LogP contribution in [0.1, 0.15) is 29.2 Å². The van der Waals surface area contributed by atoms with Crippen LogP contribution in [0.5, 0.6) is 0 Å². The minimum atomic E-state index is 1.17. The quantitative estimate of drug-likeness (QED) is 0.164. The van der Waals surface area contributed by atoms with E-state index in [1.165, 1.54) is 88.0 Å². The van der Waals surface area contributed by atoms with Gasteiger partial charge in [0.25, 0.3) is 0 Å². The van der Waals surface area contributed by atoms with Gasteiger partial charge in [-0.2, -0.15) is 0 Å².